The van der Waals surface area contributed by atoms with Crippen LogP contribution in [0.3, 0.4) is 0 Å². The predicted octanol–water partition coefficient (Wildman–Crippen LogP) is 4.64. The third-order valence-electron chi connectivity index (χ3n) is 5.36. The van der Waals surface area contributed by atoms with Gasteiger partial charge in [0.2, 0.25) is 5.89 Å². The molecule has 0 unspecified atom stereocenters. The lowest BCUT2D eigenvalue weighted by atomic mass is 10.1. The number of aliphatic imine (C=N–C) groups is 1. The van der Waals surface area contributed by atoms with Gasteiger partial charge in [-0.3, -0.25) is 4.90 Å². The lowest BCUT2D eigenvalue weighted by Crippen LogP contribution is -2.36. The summed E-state index contributed by atoms with van der Waals surface area (Å²) in [5.41, 5.74) is 3.45. The van der Waals surface area contributed by atoms with Crippen molar-refractivity contribution in [3.8, 4) is 10.8 Å². The summed E-state index contributed by atoms with van der Waals surface area (Å²) in [5.74, 6) is 1.44. The van der Waals surface area contributed by atoms with Crippen LogP contribution < -0.4 is 10.6 Å². The number of likely N-dealkylation sites (tertiary alicyclic amines) is 1. The van der Waals surface area contributed by atoms with E-state index in [4.69, 9.17) is 9.41 Å². The molecule has 2 aromatic heterocycles. The Morgan fingerprint density at radius 1 is 1.10 bits per heavy atom. The first-order chi connectivity index (χ1) is 15.3. The molecule has 1 saturated heterocycles. The number of thiophene rings is 1. The zero-order valence-electron chi connectivity index (χ0n) is 18.1. The summed E-state index contributed by atoms with van der Waals surface area (Å²) in [6.45, 7) is 7.58. The minimum atomic E-state index is 0.565. The van der Waals surface area contributed by atoms with Gasteiger partial charge in [0, 0.05) is 13.1 Å². The van der Waals surface area contributed by atoms with Crippen molar-refractivity contribution < 1.29 is 4.42 Å². The molecule has 0 radical (unpaired) electrons. The van der Waals surface area contributed by atoms with Crippen LogP contribution in [0.2, 0.25) is 0 Å². The van der Waals surface area contributed by atoms with Gasteiger partial charge in [0.15, 0.2) is 5.96 Å². The van der Waals surface area contributed by atoms with E-state index in [9.17, 15) is 0 Å². The lowest BCUT2D eigenvalue weighted by Gasteiger charge is -2.26. The molecule has 2 N–H and O–H groups in total. The Morgan fingerprint density at radius 3 is 2.65 bits per heavy atom. The highest BCUT2D eigenvalue weighted by Gasteiger charge is 2.10. The van der Waals surface area contributed by atoms with Crippen LogP contribution in [-0.4, -0.2) is 35.5 Å². The molecule has 164 valence electrons. The Kier molecular flexibility index (Phi) is 7.74. The summed E-state index contributed by atoms with van der Waals surface area (Å²) < 4.78 is 5.59. The molecule has 0 amide bonds. The van der Waals surface area contributed by atoms with Crippen molar-refractivity contribution in [1.29, 1.82) is 0 Å². The molecule has 0 atom stereocenters. The van der Waals surface area contributed by atoms with Crippen LogP contribution in [0.15, 0.2) is 57.5 Å². The zero-order valence-corrected chi connectivity index (χ0v) is 19.0. The van der Waals surface area contributed by atoms with E-state index in [2.05, 4.69) is 51.7 Å². The molecular weight excluding hydrogens is 406 g/mol. The SMILES string of the molecule is CCNC(=NCc1ccc(CN2CCCCC2)cc1)NCc1coc(-c2cccs2)n1. The number of aromatic nitrogens is 1. The summed E-state index contributed by atoms with van der Waals surface area (Å²) in [7, 11) is 0. The van der Waals surface area contributed by atoms with E-state index in [1.165, 1.54) is 43.5 Å². The summed E-state index contributed by atoms with van der Waals surface area (Å²) in [5, 5.41) is 8.66. The van der Waals surface area contributed by atoms with E-state index in [0.29, 0.717) is 19.0 Å². The smallest absolute Gasteiger partial charge is 0.236 e. The maximum atomic E-state index is 5.59. The van der Waals surface area contributed by atoms with E-state index in [1.54, 1.807) is 17.6 Å². The van der Waals surface area contributed by atoms with E-state index >= 15 is 0 Å². The van der Waals surface area contributed by atoms with Crippen LogP contribution in [0, 0.1) is 0 Å². The highest BCUT2D eigenvalue weighted by Crippen LogP contribution is 2.23. The number of hydrogen-bond donors (Lipinski definition) is 2. The van der Waals surface area contributed by atoms with Gasteiger partial charge in [0.1, 0.15) is 6.26 Å². The van der Waals surface area contributed by atoms with Gasteiger partial charge in [-0.2, -0.15) is 0 Å². The number of guanidine groups is 1. The highest BCUT2D eigenvalue weighted by atomic mass is 32.1. The minimum Gasteiger partial charge on any atom is -0.443 e. The average Bonchev–Trinajstić information content (AvgIpc) is 3.49. The van der Waals surface area contributed by atoms with Gasteiger partial charge >= 0.3 is 0 Å². The van der Waals surface area contributed by atoms with Crippen LogP contribution in [0.5, 0.6) is 0 Å². The first-order valence-electron chi connectivity index (χ1n) is 11.1. The lowest BCUT2D eigenvalue weighted by molar-refractivity contribution is 0.221. The Bertz CT molecular complexity index is 943. The number of nitrogens with one attached hydrogen (secondary N) is 2. The van der Waals surface area contributed by atoms with Gasteiger partial charge < -0.3 is 15.1 Å². The van der Waals surface area contributed by atoms with Gasteiger partial charge in [-0.25, -0.2) is 9.98 Å². The summed E-state index contributed by atoms with van der Waals surface area (Å²) in [6.07, 6.45) is 5.74. The quantitative estimate of drug-likeness (QED) is 0.397. The topological polar surface area (TPSA) is 65.7 Å². The normalized spacial score (nSPS) is 15.2. The Labute approximate surface area is 188 Å². The van der Waals surface area contributed by atoms with Crippen molar-refractivity contribution in [1.82, 2.24) is 20.5 Å². The van der Waals surface area contributed by atoms with Crippen LogP contribution in [-0.2, 0) is 19.6 Å². The monoisotopic (exact) mass is 437 g/mol. The molecule has 6 nitrogen and oxygen atoms in total. The van der Waals surface area contributed by atoms with Gasteiger partial charge in [0.05, 0.1) is 23.7 Å². The van der Waals surface area contributed by atoms with Crippen molar-refractivity contribution in [3.05, 3.63) is 64.9 Å². The number of hydrogen-bond acceptors (Lipinski definition) is 5. The van der Waals surface area contributed by atoms with Crippen molar-refractivity contribution in [2.75, 3.05) is 19.6 Å². The summed E-state index contributed by atoms with van der Waals surface area (Å²) in [6, 6.07) is 12.9. The fourth-order valence-corrected chi connectivity index (χ4v) is 4.37. The molecule has 3 aromatic rings. The molecule has 1 fully saturated rings. The summed E-state index contributed by atoms with van der Waals surface area (Å²) in [4.78, 5) is 12.9. The Hall–Kier alpha value is -2.64. The molecule has 0 spiro atoms. The van der Waals surface area contributed by atoms with Crippen LogP contribution in [0.1, 0.15) is 43.0 Å². The molecule has 4 rings (SSSR count). The summed E-state index contributed by atoms with van der Waals surface area (Å²) >= 11 is 1.62. The highest BCUT2D eigenvalue weighted by molar-refractivity contribution is 7.13. The Morgan fingerprint density at radius 2 is 1.90 bits per heavy atom. The number of rotatable bonds is 8. The largest absolute Gasteiger partial charge is 0.443 e. The van der Waals surface area contributed by atoms with E-state index < -0.39 is 0 Å². The predicted molar refractivity (Wildman–Crippen MR) is 127 cm³/mol. The number of piperidine rings is 1. The van der Waals surface area contributed by atoms with Gasteiger partial charge in [-0.1, -0.05) is 36.8 Å². The first-order valence-corrected chi connectivity index (χ1v) is 12.0. The molecule has 0 bridgehead atoms. The molecule has 1 aliphatic heterocycles. The second-order valence-corrected chi connectivity index (χ2v) is 8.77. The fourth-order valence-electron chi connectivity index (χ4n) is 3.71. The van der Waals surface area contributed by atoms with Gasteiger partial charge in [-0.15, -0.1) is 11.3 Å². The number of nitrogens with zero attached hydrogens (tertiary/aromatic N) is 3. The number of oxazole rings is 1. The Balaban J connectivity index is 1.30. The molecule has 0 saturated carbocycles. The second kappa shape index (κ2) is 11.1. The third-order valence-corrected chi connectivity index (χ3v) is 6.22. The standard InChI is InChI=1S/C24H31N5OS/c1-2-25-24(27-16-21-18-30-23(28-21)22-7-6-14-31-22)26-15-19-8-10-20(11-9-19)17-29-12-4-3-5-13-29/h6-11,14,18H,2-5,12-13,15-17H2,1H3,(H2,25,26,27). The second-order valence-electron chi connectivity index (χ2n) is 7.82. The molecule has 1 aromatic carbocycles. The minimum absolute atomic E-state index is 0.565. The van der Waals surface area contributed by atoms with Gasteiger partial charge in [0.25, 0.3) is 0 Å². The molecule has 3 heterocycles. The van der Waals surface area contributed by atoms with Crippen molar-refractivity contribution >= 4 is 17.3 Å². The van der Waals surface area contributed by atoms with Gasteiger partial charge in [-0.05, 0) is 55.4 Å². The van der Waals surface area contributed by atoms with E-state index in [1.807, 2.05) is 17.5 Å². The number of benzene rings is 1. The van der Waals surface area contributed by atoms with Crippen molar-refractivity contribution in [3.63, 3.8) is 0 Å². The fraction of sp³-hybridized carbons (Fsp3) is 0.417. The van der Waals surface area contributed by atoms with Crippen LogP contribution >= 0.6 is 11.3 Å². The molecule has 31 heavy (non-hydrogen) atoms. The van der Waals surface area contributed by atoms with Crippen molar-refractivity contribution in [2.45, 2.75) is 45.8 Å². The van der Waals surface area contributed by atoms with E-state index in [-0.39, 0.29) is 0 Å². The van der Waals surface area contributed by atoms with Crippen LogP contribution in [0.4, 0.5) is 0 Å². The first kappa shape index (κ1) is 21.6. The van der Waals surface area contributed by atoms with Crippen LogP contribution in [0.25, 0.3) is 10.8 Å². The average molecular weight is 438 g/mol. The zero-order chi connectivity index (χ0) is 21.3. The van der Waals surface area contributed by atoms with Crippen molar-refractivity contribution in [2.24, 2.45) is 4.99 Å². The molecular formula is C24H31N5OS. The maximum absolute atomic E-state index is 5.59. The van der Waals surface area contributed by atoms with E-state index in [0.717, 1.165) is 29.6 Å². The molecule has 0 aliphatic carbocycles. The maximum Gasteiger partial charge on any atom is 0.236 e. The molecule has 7 heteroatoms. The third kappa shape index (κ3) is 6.42. The molecule has 1 aliphatic rings.